The van der Waals surface area contributed by atoms with Gasteiger partial charge in [0, 0.05) is 19.2 Å². The van der Waals surface area contributed by atoms with E-state index in [1.807, 2.05) is 6.07 Å². The van der Waals surface area contributed by atoms with E-state index in [1.165, 1.54) is 35.8 Å². The number of ether oxygens (including phenoxy) is 1. The van der Waals surface area contributed by atoms with Crippen molar-refractivity contribution in [2.75, 3.05) is 18.0 Å². The standard InChI is InChI=1S/C19H19F2N6O/c1-11-8-26(9-16(28-11)12-2-3-12)18-6-14(23-10-24-18)15-7-22-17-5-4-13(19(20)21)25-27(15)17/h4-7,10-12,16,19H,1-3,8-9H2. The Balaban J connectivity index is 1.49. The first-order valence-corrected chi connectivity index (χ1v) is 9.27. The molecule has 5 rings (SSSR count). The number of nitrogens with zero attached hydrogens (tertiary/aromatic N) is 6. The highest BCUT2D eigenvalue weighted by molar-refractivity contribution is 5.62. The monoisotopic (exact) mass is 385 g/mol. The molecule has 0 amide bonds. The lowest BCUT2D eigenvalue weighted by atomic mass is 10.1. The molecule has 2 atom stereocenters. The zero-order chi connectivity index (χ0) is 19.3. The normalized spacial score (nSPS) is 22.9. The third-order valence-corrected chi connectivity index (χ3v) is 5.18. The molecule has 4 heterocycles. The Labute approximate surface area is 160 Å². The summed E-state index contributed by atoms with van der Waals surface area (Å²) < 4.78 is 33.4. The van der Waals surface area contributed by atoms with Crippen molar-refractivity contribution < 1.29 is 13.5 Å². The fourth-order valence-corrected chi connectivity index (χ4v) is 3.62. The number of anilines is 1. The van der Waals surface area contributed by atoms with Gasteiger partial charge < -0.3 is 9.64 Å². The quantitative estimate of drug-likeness (QED) is 0.688. The third-order valence-electron chi connectivity index (χ3n) is 5.18. The van der Waals surface area contributed by atoms with E-state index in [9.17, 15) is 8.78 Å². The van der Waals surface area contributed by atoms with Gasteiger partial charge >= 0.3 is 0 Å². The summed E-state index contributed by atoms with van der Waals surface area (Å²) in [6.07, 6.45) is 2.84. The molecule has 2 fully saturated rings. The van der Waals surface area contributed by atoms with E-state index in [0.29, 0.717) is 29.5 Å². The van der Waals surface area contributed by atoms with E-state index in [0.717, 1.165) is 12.4 Å². The van der Waals surface area contributed by atoms with Gasteiger partial charge in [-0.1, -0.05) is 0 Å². The molecule has 3 aromatic heterocycles. The minimum atomic E-state index is -2.65. The van der Waals surface area contributed by atoms with E-state index in [-0.39, 0.29) is 17.9 Å². The molecule has 1 aliphatic carbocycles. The van der Waals surface area contributed by atoms with Crippen molar-refractivity contribution in [2.45, 2.75) is 31.5 Å². The van der Waals surface area contributed by atoms with Crippen LogP contribution < -0.4 is 4.90 Å². The van der Waals surface area contributed by atoms with Gasteiger partial charge in [0.2, 0.25) is 0 Å². The molecule has 28 heavy (non-hydrogen) atoms. The average Bonchev–Trinajstić information content (AvgIpc) is 3.46. The first-order chi connectivity index (χ1) is 13.6. The first-order valence-electron chi connectivity index (χ1n) is 9.27. The SMILES string of the molecule is [CH2]C1CN(c2cc(-c3cnc4ccc(C(F)F)nn34)ncn2)CC(C2CC2)O1. The van der Waals surface area contributed by atoms with Gasteiger partial charge in [-0.15, -0.1) is 0 Å². The average molecular weight is 385 g/mol. The number of halogens is 2. The second kappa shape index (κ2) is 6.73. The zero-order valence-corrected chi connectivity index (χ0v) is 15.1. The lowest BCUT2D eigenvalue weighted by Crippen LogP contribution is -2.48. The highest BCUT2D eigenvalue weighted by Crippen LogP contribution is 2.37. The second-order valence-corrected chi connectivity index (χ2v) is 7.27. The Bertz CT molecular complexity index is 1010. The summed E-state index contributed by atoms with van der Waals surface area (Å²) in [6.45, 7) is 5.47. The minimum absolute atomic E-state index is 0.121. The predicted octanol–water partition coefficient (Wildman–Crippen LogP) is 2.94. The summed E-state index contributed by atoms with van der Waals surface area (Å²) in [5, 5.41) is 4.01. The molecule has 0 aromatic carbocycles. The van der Waals surface area contributed by atoms with Crippen LogP contribution in [0.15, 0.2) is 30.7 Å². The zero-order valence-electron chi connectivity index (χ0n) is 15.1. The van der Waals surface area contributed by atoms with Crippen molar-refractivity contribution in [3.05, 3.63) is 43.3 Å². The van der Waals surface area contributed by atoms with Crippen molar-refractivity contribution in [1.82, 2.24) is 24.6 Å². The van der Waals surface area contributed by atoms with Crippen molar-refractivity contribution in [1.29, 1.82) is 0 Å². The van der Waals surface area contributed by atoms with Gasteiger partial charge in [-0.2, -0.15) is 5.10 Å². The second-order valence-electron chi connectivity index (χ2n) is 7.27. The molecule has 0 spiro atoms. The number of hydrogen-bond donors (Lipinski definition) is 0. The van der Waals surface area contributed by atoms with Gasteiger partial charge in [0.25, 0.3) is 6.43 Å². The molecule has 1 aliphatic heterocycles. The smallest absolute Gasteiger partial charge is 0.282 e. The molecule has 0 bridgehead atoms. The van der Waals surface area contributed by atoms with Crippen LogP contribution in [-0.2, 0) is 4.74 Å². The molecule has 2 aliphatic rings. The van der Waals surface area contributed by atoms with Crippen LogP contribution in [0.2, 0.25) is 0 Å². The summed E-state index contributed by atoms with van der Waals surface area (Å²) in [7, 11) is 0. The summed E-state index contributed by atoms with van der Waals surface area (Å²) in [5.74, 6) is 1.36. The van der Waals surface area contributed by atoms with Crippen LogP contribution in [0, 0.1) is 12.8 Å². The van der Waals surface area contributed by atoms with Crippen molar-refractivity contribution >= 4 is 11.5 Å². The molecule has 0 N–H and O–H groups in total. The molecule has 1 saturated carbocycles. The predicted molar refractivity (Wildman–Crippen MR) is 97.9 cm³/mol. The molecule has 145 valence electrons. The molecule has 1 saturated heterocycles. The summed E-state index contributed by atoms with van der Waals surface area (Å²) >= 11 is 0. The molecule has 9 heteroatoms. The van der Waals surface area contributed by atoms with Crippen LogP contribution >= 0.6 is 0 Å². The largest absolute Gasteiger partial charge is 0.371 e. The molecular weight excluding hydrogens is 366 g/mol. The lowest BCUT2D eigenvalue weighted by molar-refractivity contribution is -0.0146. The van der Waals surface area contributed by atoms with Crippen LogP contribution in [0.4, 0.5) is 14.6 Å². The number of fused-ring (bicyclic) bond motifs is 1. The number of hydrogen-bond acceptors (Lipinski definition) is 6. The Morgan fingerprint density at radius 3 is 2.79 bits per heavy atom. The van der Waals surface area contributed by atoms with Gasteiger partial charge in [-0.05, 0) is 37.8 Å². The summed E-state index contributed by atoms with van der Waals surface area (Å²) in [4.78, 5) is 15.1. The Kier molecular flexibility index (Phi) is 4.19. The van der Waals surface area contributed by atoms with Gasteiger partial charge in [0.15, 0.2) is 5.65 Å². The highest BCUT2D eigenvalue weighted by atomic mass is 19.3. The molecule has 7 nitrogen and oxygen atoms in total. The summed E-state index contributed by atoms with van der Waals surface area (Å²) in [5.41, 5.74) is 1.30. The van der Waals surface area contributed by atoms with E-state index in [2.05, 4.69) is 31.9 Å². The Morgan fingerprint density at radius 1 is 1.14 bits per heavy atom. The first kappa shape index (κ1) is 17.4. The van der Waals surface area contributed by atoms with Gasteiger partial charge in [0.05, 0.1) is 24.1 Å². The number of alkyl halides is 2. The van der Waals surface area contributed by atoms with E-state index in [1.54, 1.807) is 6.20 Å². The van der Waals surface area contributed by atoms with E-state index in [4.69, 9.17) is 4.74 Å². The maximum atomic E-state index is 13.0. The van der Waals surface area contributed by atoms with Gasteiger partial charge in [0.1, 0.15) is 23.5 Å². The van der Waals surface area contributed by atoms with Gasteiger partial charge in [-0.3, -0.25) is 0 Å². The third kappa shape index (κ3) is 3.19. The number of rotatable bonds is 4. The fourth-order valence-electron chi connectivity index (χ4n) is 3.62. The van der Waals surface area contributed by atoms with E-state index < -0.39 is 6.43 Å². The van der Waals surface area contributed by atoms with Crippen LogP contribution in [0.1, 0.15) is 25.0 Å². The topological polar surface area (TPSA) is 68.4 Å². The number of imidazole rings is 1. The van der Waals surface area contributed by atoms with Crippen molar-refractivity contribution in [3.8, 4) is 11.4 Å². The molecule has 2 unspecified atom stereocenters. The molecular formula is C19H19F2N6O. The number of aromatic nitrogens is 5. The lowest BCUT2D eigenvalue weighted by Gasteiger charge is -2.37. The molecule has 1 radical (unpaired) electrons. The van der Waals surface area contributed by atoms with E-state index >= 15 is 0 Å². The van der Waals surface area contributed by atoms with Crippen LogP contribution in [0.3, 0.4) is 0 Å². The summed E-state index contributed by atoms with van der Waals surface area (Å²) in [6, 6.07) is 4.64. The maximum absolute atomic E-state index is 13.0. The molecule has 3 aromatic rings. The Morgan fingerprint density at radius 2 is 2.00 bits per heavy atom. The minimum Gasteiger partial charge on any atom is -0.371 e. The van der Waals surface area contributed by atoms with Gasteiger partial charge in [-0.25, -0.2) is 28.2 Å². The fraction of sp³-hybridized carbons (Fsp3) is 0.421. The highest BCUT2D eigenvalue weighted by Gasteiger charge is 2.37. The maximum Gasteiger partial charge on any atom is 0.282 e. The van der Waals surface area contributed by atoms with Crippen LogP contribution in [0.5, 0.6) is 0 Å². The van der Waals surface area contributed by atoms with Crippen molar-refractivity contribution in [3.63, 3.8) is 0 Å². The van der Waals surface area contributed by atoms with Crippen molar-refractivity contribution in [2.24, 2.45) is 5.92 Å². The van der Waals surface area contributed by atoms with Crippen LogP contribution in [0.25, 0.3) is 17.0 Å². The Hall–Kier alpha value is -2.68. The van der Waals surface area contributed by atoms with Crippen LogP contribution in [-0.4, -0.2) is 49.9 Å². The number of morpholine rings is 1.